The van der Waals surface area contributed by atoms with Crippen molar-refractivity contribution >= 4 is 5.96 Å². The van der Waals surface area contributed by atoms with Gasteiger partial charge in [0.05, 0.1) is 6.54 Å². The molecule has 0 saturated carbocycles. The Morgan fingerprint density at radius 3 is 2.80 bits per heavy atom. The van der Waals surface area contributed by atoms with Crippen molar-refractivity contribution in [1.29, 1.82) is 5.41 Å². The molecule has 1 rings (SSSR count). The molecular formula is C6H12FN3. The van der Waals surface area contributed by atoms with Gasteiger partial charge in [-0.25, -0.2) is 4.39 Å². The van der Waals surface area contributed by atoms with Gasteiger partial charge in [-0.15, -0.1) is 0 Å². The largest absolute Gasteiger partial charge is 0.370 e. The fourth-order valence-electron chi connectivity index (χ4n) is 1.14. The number of nitrogens with one attached hydrogen (secondary N) is 1. The molecule has 1 fully saturated rings. The maximum absolute atomic E-state index is 12.6. The summed E-state index contributed by atoms with van der Waals surface area (Å²) in [7, 11) is 0. The molecule has 4 heteroatoms. The molecule has 0 bridgehead atoms. The molecule has 1 aliphatic heterocycles. The number of piperidine rings is 1. The second-order valence-electron chi connectivity index (χ2n) is 2.57. The fourth-order valence-corrected chi connectivity index (χ4v) is 1.14. The first-order chi connectivity index (χ1) is 4.70. The van der Waals surface area contributed by atoms with Crippen molar-refractivity contribution in [3.63, 3.8) is 0 Å². The predicted molar refractivity (Wildman–Crippen MR) is 37.6 cm³/mol. The van der Waals surface area contributed by atoms with E-state index in [1.165, 1.54) is 0 Å². The Morgan fingerprint density at radius 1 is 1.70 bits per heavy atom. The number of halogens is 1. The van der Waals surface area contributed by atoms with Crippen LogP contribution in [0.4, 0.5) is 4.39 Å². The maximum Gasteiger partial charge on any atom is 0.188 e. The van der Waals surface area contributed by atoms with Crippen LogP contribution in [0.3, 0.4) is 0 Å². The monoisotopic (exact) mass is 145 g/mol. The highest BCUT2D eigenvalue weighted by molar-refractivity contribution is 5.74. The van der Waals surface area contributed by atoms with Gasteiger partial charge in [-0.05, 0) is 12.8 Å². The molecular weight excluding hydrogens is 133 g/mol. The topological polar surface area (TPSA) is 53.1 Å². The minimum Gasteiger partial charge on any atom is -0.370 e. The molecule has 0 radical (unpaired) electrons. The fraction of sp³-hybridized carbons (Fsp3) is 0.833. The second-order valence-corrected chi connectivity index (χ2v) is 2.57. The van der Waals surface area contributed by atoms with Gasteiger partial charge in [0.15, 0.2) is 5.96 Å². The van der Waals surface area contributed by atoms with Crippen LogP contribution in [0.15, 0.2) is 0 Å². The highest BCUT2D eigenvalue weighted by Gasteiger charge is 2.19. The van der Waals surface area contributed by atoms with Crippen LogP contribution in [-0.2, 0) is 0 Å². The van der Waals surface area contributed by atoms with E-state index < -0.39 is 6.17 Å². The lowest BCUT2D eigenvalue weighted by atomic mass is 10.1. The molecule has 0 aromatic rings. The van der Waals surface area contributed by atoms with E-state index in [4.69, 9.17) is 11.1 Å². The molecule has 1 aliphatic rings. The minimum absolute atomic E-state index is 0.0117. The second kappa shape index (κ2) is 2.86. The lowest BCUT2D eigenvalue weighted by molar-refractivity contribution is 0.194. The molecule has 0 amide bonds. The quantitative estimate of drug-likeness (QED) is 0.381. The van der Waals surface area contributed by atoms with Gasteiger partial charge in [-0.1, -0.05) is 0 Å². The standard InChI is InChI=1S/C6H12FN3/c7-5-2-1-3-10(4-5)6(8)9/h5H,1-4H2,(H3,8,9)/t5-/m0/s1. The summed E-state index contributed by atoms with van der Waals surface area (Å²) in [5.41, 5.74) is 5.17. The van der Waals surface area contributed by atoms with Crippen LogP contribution in [0.1, 0.15) is 12.8 Å². The lowest BCUT2D eigenvalue weighted by Crippen LogP contribution is -2.44. The van der Waals surface area contributed by atoms with Crippen LogP contribution in [0.2, 0.25) is 0 Å². The lowest BCUT2D eigenvalue weighted by Gasteiger charge is -2.28. The third kappa shape index (κ3) is 1.59. The van der Waals surface area contributed by atoms with Gasteiger partial charge in [0.2, 0.25) is 0 Å². The number of hydrogen-bond donors (Lipinski definition) is 2. The average molecular weight is 145 g/mol. The molecule has 58 valence electrons. The normalized spacial score (nSPS) is 26.5. The van der Waals surface area contributed by atoms with Crippen molar-refractivity contribution in [2.45, 2.75) is 19.0 Å². The Labute approximate surface area is 59.5 Å². The zero-order chi connectivity index (χ0) is 7.56. The van der Waals surface area contributed by atoms with E-state index in [-0.39, 0.29) is 5.96 Å². The van der Waals surface area contributed by atoms with Crippen molar-refractivity contribution < 1.29 is 4.39 Å². The highest BCUT2D eigenvalue weighted by Crippen LogP contribution is 2.11. The van der Waals surface area contributed by atoms with Crippen molar-refractivity contribution in [3.8, 4) is 0 Å². The van der Waals surface area contributed by atoms with Crippen molar-refractivity contribution in [3.05, 3.63) is 0 Å². The number of alkyl halides is 1. The first-order valence-electron chi connectivity index (χ1n) is 3.43. The molecule has 0 aromatic heterocycles. The zero-order valence-corrected chi connectivity index (χ0v) is 5.81. The van der Waals surface area contributed by atoms with Gasteiger partial charge in [0.25, 0.3) is 0 Å². The molecule has 10 heavy (non-hydrogen) atoms. The third-order valence-corrected chi connectivity index (χ3v) is 1.70. The van der Waals surface area contributed by atoms with Crippen LogP contribution < -0.4 is 5.73 Å². The Balaban J connectivity index is 2.39. The molecule has 1 atom stereocenters. The molecule has 1 heterocycles. The number of nitrogens with zero attached hydrogens (tertiary/aromatic N) is 1. The molecule has 1 saturated heterocycles. The SMILES string of the molecule is N=C(N)N1CCC[C@H](F)C1. The van der Waals surface area contributed by atoms with Gasteiger partial charge >= 0.3 is 0 Å². The highest BCUT2D eigenvalue weighted by atomic mass is 19.1. The van der Waals surface area contributed by atoms with Crippen molar-refractivity contribution in [2.24, 2.45) is 5.73 Å². The van der Waals surface area contributed by atoms with Crippen LogP contribution in [0.25, 0.3) is 0 Å². The number of rotatable bonds is 0. The van der Waals surface area contributed by atoms with Gasteiger partial charge in [-0.2, -0.15) is 0 Å². The Hall–Kier alpha value is -0.800. The van der Waals surface area contributed by atoms with Crippen molar-refractivity contribution in [2.75, 3.05) is 13.1 Å². The summed E-state index contributed by atoms with van der Waals surface area (Å²) in [5, 5.41) is 7.02. The summed E-state index contributed by atoms with van der Waals surface area (Å²) < 4.78 is 12.6. The van der Waals surface area contributed by atoms with Gasteiger partial charge < -0.3 is 10.6 Å². The summed E-state index contributed by atoms with van der Waals surface area (Å²) in [5.74, 6) is -0.0117. The van der Waals surface area contributed by atoms with E-state index in [2.05, 4.69) is 0 Å². The summed E-state index contributed by atoms with van der Waals surface area (Å²) in [6.07, 6.45) is 0.627. The number of guanidine groups is 1. The van der Waals surface area contributed by atoms with E-state index in [1.54, 1.807) is 4.90 Å². The first kappa shape index (κ1) is 7.31. The first-order valence-corrected chi connectivity index (χ1v) is 3.43. The van der Waals surface area contributed by atoms with Crippen LogP contribution in [0, 0.1) is 5.41 Å². The zero-order valence-electron chi connectivity index (χ0n) is 5.81. The molecule has 0 spiro atoms. The van der Waals surface area contributed by atoms with E-state index in [0.29, 0.717) is 13.0 Å². The number of likely N-dealkylation sites (tertiary alicyclic amines) is 1. The third-order valence-electron chi connectivity index (χ3n) is 1.70. The summed E-state index contributed by atoms with van der Waals surface area (Å²) in [6.45, 7) is 1.03. The predicted octanol–water partition coefficient (Wildman–Crippen LogP) is 0.314. The van der Waals surface area contributed by atoms with E-state index in [9.17, 15) is 4.39 Å². The van der Waals surface area contributed by atoms with Crippen LogP contribution >= 0.6 is 0 Å². The molecule has 3 N–H and O–H groups in total. The molecule has 0 aromatic carbocycles. The number of nitrogens with two attached hydrogens (primary N) is 1. The summed E-state index contributed by atoms with van der Waals surface area (Å²) in [4.78, 5) is 1.56. The molecule has 0 aliphatic carbocycles. The summed E-state index contributed by atoms with van der Waals surface area (Å²) in [6, 6.07) is 0. The van der Waals surface area contributed by atoms with Crippen LogP contribution in [-0.4, -0.2) is 30.1 Å². The smallest absolute Gasteiger partial charge is 0.188 e. The minimum atomic E-state index is -0.794. The van der Waals surface area contributed by atoms with Crippen molar-refractivity contribution in [1.82, 2.24) is 4.90 Å². The Morgan fingerprint density at radius 2 is 2.40 bits per heavy atom. The number of hydrogen-bond acceptors (Lipinski definition) is 1. The molecule has 0 unspecified atom stereocenters. The van der Waals surface area contributed by atoms with Gasteiger partial charge in [-0.3, -0.25) is 5.41 Å². The summed E-state index contributed by atoms with van der Waals surface area (Å²) >= 11 is 0. The molecule has 3 nitrogen and oxygen atoms in total. The van der Waals surface area contributed by atoms with E-state index in [0.717, 1.165) is 13.0 Å². The van der Waals surface area contributed by atoms with Crippen LogP contribution in [0.5, 0.6) is 0 Å². The average Bonchev–Trinajstić information content (AvgIpc) is 1.88. The van der Waals surface area contributed by atoms with E-state index in [1.807, 2.05) is 0 Å². The maximum atomic E-state index is 12.6. The Bertz CT molecular complexity index is 137. The van der Waals surface area contributed by atoms with Gasteiger partial charge in [0.1, 0.15) is 6.17 Å². The van der Waals surface area contributed by atoms with Gasteiger partial charge in [0, 0.05) is 6.54 Å². The Kier molecular flexibility index (Phi) is 2.09. The van der Waals surface area contributed by atoms with E-state index >= 15 is 0 Å².